The molecule has 5 heterocycles. The second-order valence-electron chi connectivity index (χ2n) is 8.17. The van der Waals surface area contributed by atoms with E-state index in [0.717, 1.165) is 30.7 Å². The maximum Gasteiger partial charge on any atom is 0.315 e. The fraction of sp³-hybridized carbons (Fsp3) is 0.700. The highest BCUT2D eigenvalue weighted by atomic mass is 16.6. The zero-order valence-electron chi connectivity index (χ0n) is 16.0. The van der Waals surface area contributed by atoms with Crippen LogP contribution in [-0.2, 0) is 14.2 Å². The van der Waals surface area contributed by atoms with E-state index < -0.39 is 0 Å². The fourth-order valence-corrected chi connectivity index (χ4v) is 4.85. The molecule has 152 valence electrons. The topological polar surface area (TPSA) is 90.9 Å². The Labute approximate surface area is 164 Å². The van der Waals surface area contributed by atoms with Crippen molar-refractivity contribution in [1.29, 1.82) is 0 Å². The molecule has 2 amide bonds. The van der Waals surface area contributed by atoms with Crippen LogP contribution in [0.15, 0.2) is 18.3 Å². The standard InChI is InChI=1S/C20H27N3O5/c1-11-15(3-2-6-21-11)28-17-10-26-18-14(9-25-19(17)18)23-20(24)22-8-12-7-13-4-5-16(12)27-13/h2-3,6,12-14,16-19H,4-5,7-10H2,1H3,(H2,22,23,24)/t12?,13-,14-,16+,17-,18+,19+/m0/s1. The fourth-order valence-electron chi connectivity index (χ4n) is 4.85. The van der Waals surface area contributed by atoms with Crippen molar-refractivity contribution in [2.75, 3.05) is 19.8 Å². The van der Waals surface area contributed by atoms with Crippen molar-refractivity contribution in [3.05, 3.63) is 24.0 Å². The summed E-state index contributed by atoms with van der Waals surface area (Å²) in [5.74, 6) is 1.17. The van der Waals surface area contributed by atoms with Gasteiger partial charge in [0, 0.05) is 18.7 Å². The van der Waals surface area contributed by atoms with Gasteiger partial charge < -0.3 is 29.6 Å². The lowest BCUT2D eigenvalue weighted by Crippen LogP contribution is -2.49. The van der Waals surface area contributed by atoms with E-state index in [2.05, 4.69) is 15.6 Å². The Morgan fingerprint density at radius 3 is 2.96 bits per heavy atom. The van der Waals surface area contributed by atoms with Crippen molar-refractivity contribution < 1.29 is 23.7 Å². The number of pyridine rings is 1. The summed E-state index contributed by atoms with van der Waals surface area (Å²) in [6, 6.07) is 3.40. The summed E-state index contributed by atoms with van der Waals surface area (Å²) in [6.07, 6.45) is 5.20. The van der Waals surface area contributed by atoms with E-state index in [4.69, 9.17) is 18.9 Å². The highest BCUT2D eigenvalue weighted by Gasteiger charge is 2.49. The third-order valence-electron chi connectivity index (χ3n) is 6.32. The predicted molar refractivity (Wildman–Crippen MR) is 99.2 cm³/mol. The molecule has 0 radical (unpaired) electrons. The first kappa shape index (κ1) is 18.1. The van der Waals surface area contributed by atoms with Gasteiger partial charge >= 0.3 is 6.03 Å². The Kier molecular flexibility index (Phi) is 4.86. The van der Waals surface area contributed by atoms with E-state index >= 15 is 0 Å². The number of aryl methyl sites for hydroxylation is 1. The van der Waals surface area contributed by atoms with Gasteiger partial charge in [-0.1, -0.05) is 0 Å². The third kappa shape index (κ3) is 3.44. The molecule has 4 aliphatic heterocycles. The summed E-state index contributed by atoms with van der Waals surface area (Å²) in [7, 11) is 0. The summed E-state index contributed by atoms with van der Waals surface area (Å²) in [4.78, 5) is 16.6. The van der Waals surface area contributed by atoms with Crippen LogP contribution in [0.1, 0.15) is 25.0 Å². The number of hydrogen-bond acceptors (Lipinski definition) is 6. The van der Waals surface area contributed by atoms with E-state index in [1.165, 1.54) is 0 Å². The summed E-state index contributed by atoms with van der Waals surface area (Å²) >= 11 is 0. The van der Waals surface area contributed by atoms with Gasteiger partial charge in [-0.25, -0.2) is 4.79 Å². The molecule has 7 atom stereocenters. The van der Waals surface area contributed by atoms with Gasteiger partial charge in [-0.2, -0.15) is 0 Å². The highest BCUT2D eigenvalue weighted by Crippen LogP contribution is 2.38. The lowest BCUT2D eigenvalue weighted by Gasteiger charge is -2.21. The lowest BCUT2D eigenvalue weighted by molar-refractivity contribution is 0.0299. The van der Waals surface area contributed by atoms with Crippen molar-refractivity contribution in [3.8, 4) is 5.75 Å². The van der Waals surface area contributed by atoms with Crippen molar-refractivity contribution in [2.24, 2.45) is 5.92 Å². The predicted octanol–water partition coefficient (Wildman–Crippen LogP) is 1.17. The molecule has 4 aliphatic rings. The van der Waals surface area contributed by atoms with Crippen LogP contribution >= 0.6 is 0 Å². The molecule has 1 aromatic heterocycles. The molecule has 8 heteroatoms. The quantitative estimate of drug-likeness (QED) is 0.786. The Bertz CT molecular complexity index is 732. The number of fused-ring (bicyclic) bond motifs is 3. The first-order valence-electron chi connectivity index (χ1n) is 10.2. The number of rotatable bonds is 5. The Morgan fingerprint density at radius 2 is 2.18 bits per heavy atom. The number of nitrogens with zero attached hydrogens (tertiary/aromatic N) is 1. The Morgan fingerprint density at radius 1 is 1.29 bits per heavy atom. The normalized spacial score (nSPS) is 38.4. The molecule has 0 saturated carbocycles. The zero-order valence-corrected chi connectivity index (χ0v) is 16.0. The molecule has 1 unspecified atom stereocenters. The van der Waals surface area contributed by atoms with Crippen molar-refractivity contribution in [1.82, 2.24) is 15.6 Å². The number of carbonyl (C=O) groups excluding carboxylic acids is 1. The van der Waals surface area contributed by atoms with Gasteiger partial charge in [0.05, 0.1) is 37.2 Å². The van der Waals surface area contributed by atoms with Crippen LogP contribution in [0.25, 0.3) is 0 Å². The van der Waals surface area contributed by atoms with Gasteiger partial charge in [0.2, 0.25) is 0 Å². The SMILES string of the molecule is Cc1ncccc1O[C@H]1CO[C@H]2[C@@H]1OC[C@@H]2NC(=O)NCC1C[C@@H]2CC[C@H]1O2. The minimum Gasteiger partial charge on any atom is -0.483 e. The van der Waals surface area contributed by atoms with Crippen LogP contribution in [0.4, 0.5) is 4.79 Å². The largest absolute Gasteiger partial charge is 0.483 e. The summed E-state index contributed by atoms with van der Waals surface area (Å²) < 4.78 is 23.7. The molecule has 4 fully saturated rings. The molecule has 4 saturated heterocycles. The van der Waals surface area contributed by atoms with Crippen molar-refractivity contribution in [2.45, 2.75) is 62.7 Å². The molecule has 28 heavy (non-hydrogen) atoms. The van der Waals surface area contributed by atoms with E-state index in [0.29, 0.717) is 37.9 Å². The summed E-state index contributed by atoms with van der Waals surface area (Å²) in [5, 5.41) is 6.00. The highest BCUT2D eigenvalue weighted by molar-refractivity contribution is 5.74. The van der Waals surface area contributed by atoms with Crippen molar-refractivity contribution in [3.63, 3.8) is 0 Å². The molecule has 0 aliphatic carbocycles. The first-order chi connectivity index (χ1) is 13.7. The third-order valence-corrected chi connectivity index (χ3v) is 6.32. The molecular formula is C20H27N3O5. The van der Waals surface area contributed by atoms with Gasteiger partial charge in [0.1, 0.15) is 18.0 Å². The number of urea groups is 1. The summed E-state index contributed by atoms with van der Waals surface area (Å²) in [6.45, 7) is 3.42. The number of hydrogen-bond donors (Lipinski definition) is 2. The minimum atomic E-state index is -0.200. The maximum atomic E-state index is 12.4. The molecule has 1 aromatic rings. The zero-order chi connectivity index (χ0) is 19.1. The van der Waals surface area contributed by atoms with Crippen LogP contribution in [0, 0.1) is 12.8 Å². The lowest BCUT2D eigenvalue weighted by atomic mass is 9.89. The van der Waals surface area contributed by atoms with E-state index in [9.17, 15) is 4.79 Å². The van der Waals surface area contributed by atoms with Crippen LogP contribution in [0.2, 0.25) is 0 Å². The first-order valence-corrected chi connectivity index (χ1v) is 10.2. The molecule has 0 aromatic carbocycles. The average molecular weight is 389 g/mol. The smallest absolute Gasteiger partial charge is 0.315 e. The molecule has 2 bridgehead atoms. The van der Waals surface area contributed by atoms with Gasteiger partial charge in [0.25, 0.3) is 0 Å². The van der Waals surface area contributed by atoms with Gasteiger partial charge in [-0.15, -0.1) is 0 Å². The second-order valence-corrected chi connectivity index (χ2v) is 8.17. The molecule has 2 N–H and O–H groups in total. The van der Waals surface area contributed by atoms with Crippen LogP contribution in [0.5, 0.6) is 5.75 Å². The van der Waals surface area contributed by atoms with Crippen molar-refractivity contribution >= 4 is 6.03 Å². The molecule has 0 spiro atoms. The van der Waals surface area contributed by atoms with Crippen LogP contribution in [-0.4, -0.2) is 67.3 Å². The number of carbonyl (C=O) groups is 1. The van der Waals surface area contributed by atoms with Gasteiger partial charge in [-0.05, 0) is 38.3 Å². The van der Waals surface area contributed by atoms with E-state index in [1.54, 1.807) is 6.20 Å². The van der Waals surface area contributed by atoms with Gasteiger partial charge in [-0.3, -0.25) is 4.98 Å². The Balaban J connectivity index is 1.11. The number of nitrogens with one attached hydrogen (secondary N) is 2. The average Bonchev–Trinajstić information content (AvgIpc) is 3.46. The van der Waals surface area contributed by atoms with Gasteiger partial charge in [0.15, 0.2) is 6.10 Å². The number of aromatic nitrogens is 1. The maximum absolute atomic E-state index is 12.4. The van der Waals surface area contributed by atoms with Crippen LogP contribution in [0.3, 0.4) is 0 Å². The number of amides is 2. The molecule has 8 nitrogen and oxygen atoms in total. The molecule has 5 rings (SSSR count). The van der Waals surface area contributed by atoms with E-state index in [-0.39, 0.29) is 30.4 Å². The van der Waals surface area contributed by atoms with Crippen LogP contribution < -0.4 is 15.4 Å². The minimum absolute atomic E-state index is 0.173. The molecular weight excluding hydrogens is 362 g/mol. The monoisotopic (exact) mass is 389 g/mol. The number of ether oxygens (including phenoxy) is 4. The second kappa shape index (κ2) is 7.50. The summed E-state index contributed by atoms with van der Waals surface area (Å²) in [5.41, 5.74) is 0.836. The Hall–Kier alpha value is -1.90. The van der Waals surface area contributed by atoms with E-state index in [1.807, 2.05) is 19.1 Å².